The summed E-state index contributed by atoms with van der Waals surface area (Å²) < 4.78 is 0. The molecule has 3 nitrogen and oxygen atoms in total. The summed E-state index contributed by atoms with van der Waals surface area (Å²) in [6.07, 6.45) is 0. The number of nitrogens with one attached hydrogen (secondary N) is 1. The molecule has 0 aromatic heterocycles. The number of carboxylic acids is 1. The van der Waals surface area contributed by atoms with Crippen LogP contribution in [-0.2, 0) is 0 Å². The lowest BCUT2D eigenvalue weighted by molar-refractivity contribution is 0.0698. The number of halogens is 1. The zero-order valence-electron chi connectivity index (χ0n) is 8.85. The van der Waals surface area contributed by atoms with Gasteiger partial charge < -0.3 is 10.4 Å². The summed E-state index contributed by atoms with van der Waals surface area (Å²) in [6, 6.07) is 14.0. The molecule has 17 heavy (non-hydrogen) atoms. The van der Waals surface area contributed by atoms with Gasteiger partial charge in [0, 0.05) is 10.7 Å². The van der Waals surface area contributed by atoms with Crippen LogP contribution in [0.25, 0.3) is 0 Å². The van der Waals surface area contributed by atoms with Crippen molar-refractivity contribution in [2.24, 2.45) is 0 Å². The number of carbonyl (C=O) groups is 1. The lowest BCUT2D eigenvalue weighted by Crippen LogP contribution is -2.02. The maximum absolute atomic E-state index is 11.0. The van der Waals surface area contributed by atoms with Gasteiger partial charge in [0.15, 0.2) is 0 Å². The van der Waals surface area contributed by atoms with E-state index in [0.717, 1.165) is 5.69 Å². The van der Waals surface area contributed by atoms with Crippen molar-refractivity contribution in [3.8, 4) is 0 Å². The quantitative estimate of drug-likeness (QED) is 0.868. The lowest BCUT2D eigenvalue weighted by Gasteiger charge is -2.09. The van der Waals surface area contributed by atoms with Crippen LogP contribution in [0.5, 0.6) is 0 Å². The van der Waals surface area contributed by atoms with Crippen molar-refractivity contribution >= 4 is 28.9 Å². The van der Waals surface area contributed by atoms with Crippen LogP contribution in [-0.4, -0.2) is 11.1 Å². The summed E-state index contributed by atoms with van der Waals surface area (Å²) in [4.78, 5) is 11.0. The van der Waals surface area contributed by atoms with Crippen molar-refractivity contribution in [2.75, 3.05) is 5.32 Å². The molecule has 0 spiro atoms. The highest BCUT2D eigenvalue weighted by atomic mass is 35.5. The first-order valence-corrected chi connectivity index (χ1v) is 5.39. The smallest absolute Gasteiger partial charge is 0.337 e. The number of carboxylic acid groups (broad SMARTS) is 1. The predicted molar refractivity (Wildman–Crippen MR) is 68.1 cm³/mol. The van der Waals surface area contributed by atoms with Gasteiger partial charge >= 0.3 is 5.97 Å². The van der Waals surface area contributed by atoms with Gasteiger partial charge in [0.1, 0.15) is 0 Å². The van der Waals surface area contributed by atoms with Gasteiger partial charge in [-0.3, -0.25) is 0 Å². The largest absolute Gasteiger partial charge is 0.478 e. The average molecular weight is 248 g/mol. The summed E-state index contributed by atoms with van der Waals surface area (Å²) in [7, 11) is 0. The molecule has 4 heteroatoms. The standard InChI is InChI=1S/C13H10ClNO2/c14-9-6-7-11(13(16)17)12(8-9)15-10-4-2-1-3-5-10/h1-8,15H,(H,16,17). The molecule has 2 aromatic rings. The molecule has 0 saturated heterocycles. The number of rotatable bonds is 3. The molecule has 2 aromatic carbocycles. The van der Waals surface area contributed by atoms with E-state index < -0.39 is 5.97 Å². The van der Waals surface area contributed by atoms with Crippen molar-refractivity contribution in [1.29, 1.82) is 0 Å². The highest BCUT2D eigenvalue weighted by Crippen LogP contribution is 2.24. The SMILES string of the molecule is O=C(O)c1ccc(Cl)cc1Nc1ccccc1. The van der Waals surface area contributed by atoms with Crippen molar-refractivity contribution in [1.82, 2.24) is 0 Å². The topological polar surface area (TPSA) is 49.3 Å². The summed E-state index contributed by atoms with van der Waals surface area (Å²) in [6.45, 7) is 0. The molecule has 86 valence electrons. The summed E-state index contributed by atoms with van der Waals surface area (Å²) in [5.74, 6) is -0.986. The third-order valence-corrected chi connectivity index (χ3v) is 2.50. The van der Waals surface area contributed by atoms with E-state index in [9.17, 15) is 4.79 Å². The minimum absolute atomic E-state index is 0.193. The van der Waals surface area contributed by atoms with Gasteiger partial charge in [-0.05, 0) is 30.3 Å². The fraction of sp³-hybridized carbons (Fsp3) is 0. The van der Waals surface area contributed by atoms with Crippen molar-refractivity contribution in [2.45, 2.75) is 0 Å². The van der Waals surface area contributed by atoms with Crippen molar-refractivity contribution < 1.29 is 9.90 Å². The summed E-state index contributed by atoms with van der Waals surface area (Å²) >= 11 is 5.85. The van der Waals surface area contributed by atoms with E-state index in [2.05, 4.69) is 5.32 Å². The van der Waals surface area contributed by atoms with Crippen LogP contribution in [0.15, 0.2) is 48.5 Å². The van der Waals surface area contributed by atoms with Gasteiger partial charge in [0.25, 0.3) is 0 Å². The Morgan fingerprint density at radius 3 is 2.47 bits per heavy atom. The molecule has 0 saturated carbocycles. The fourth-order valence-corrected chi connectivity index (χ4v) is 1.66. The molecule has 0 fully saturated rings. The maximum atomic E-state index is 11.0. The number of benzene rings is 2. The molecule has 0 amide bonds. The second kappa shape index (κ2) is 4.89. The Morgan fingerprint density at radius 2 is 1.82 bits per heavy atom. The average Bonchev–Trinajstić information content (AvgIpc) is 2.30. The van der Waals surface area contributed by atoms with Crippen LogP contribution in [0.4, 0.5) is 11.4 Å². The Morgan fingerprint density at radius 1 is 1.12 bits per heavy atom. The van der Waals surface area contributed by atoms with Gasteiger partial charge in [-0.1, -0.05) is 29.8 Å². The van der Waals surface area contributed by atoms with Crippen LogP contribution >= 0.6 is 11.6 Å². The molecule has 0 radical (unpaired) electrons. The van der Waals surface area contributed by atoms with E-state index >= 15 is 0 Å². The van der Waals surface area contributed by atoms with E-state index in [1.54, 1.807) is 12.1 Å². The summed E-state index contributed by atoms with van der Waals surface area (Å²) in [5.41, 5.74) is 1.49. The van der Waals surface area contributed by atoms with Crippen LogP contribution in [0.2, 0.25) is 5.02 Å². The first-order valence-electron chi connectivity index (χ1n) is 5.02. The van der Waals surface area contributed by atoms with Gasteiger partial charge in [-0.2, -0.15) is 0 Å². The van der Waals surface area contributed by atoms with E-state index in [0.29, 0.717) is 10.7 Å². The number of hydrogen-bond donors (Lipinski definition) is 2. The molecule has 2 rings (SSSR count). The Labute approximate surface area is 104 Å². The van der Waals surface area contributed by atoms with Crippen LogP contribution < -0.4 is 5.32 Å². The molecule has 0 aliphatic carbocycles. The zero-order valence-corrected chi connectivity index (χ0v) is 9.61. The zero-order chi connectivity index (χ0) is 12.3. The molecule has 0 bridgehead atoms. The third kappa shape index (κ3) is 2.77. The highest BCUT2D eigenvalue weighted by molar-refractivity contribution is 6.31. The van der Waals surface area contributed by atoms with Crippen LogP contribution in [0.3, 0.4) is 0 Å². The fourth-order valence-electron chi connectivity index (χ4n) is 1.48. The van der Waals surface area contributed by atoms with E-state index in [1.165, 1.54) is 6.07 Å². The lowest BCUT2D eigenvalue weighted by atomic mass is 10.1. The molecule has 0 unspecified atom stereocenters. The Balaban J connectivity index is 2.37. The van der Waals surface area contributed by atoms with Crippen molar-refractivity contribution in [3.63, 3.8) is 0 Å². The third-order valence-electron chi connectivity index (χ3n) is 2.26. The maximum Gasteiger partial charge on any atom is 0.337 e. The first kappa shape index (κ1) is 11.5. The summed E-state index contributed by atoms with van der Waals surface area (Å²) in [5, 5.41) is 12.6. The number of para-hydroxylation sites is 1. The highest BCUT2D eigenvalue weighted by Gasteiger charge is 2.10. The number of anilines is 2. The molecule has 0 aliphatic heterocycles. The monoisotopic (exact) mass is 247 g/mol. The Kier molecular flexibility index (Phi) is 3.30. The minimum Gasteiger partial charge on any atom is -0.478 e. The van der Waals surface area contributed by atoms with Gasteiger partial charge in [-0.25, -0.2) is 4.79 Å². The molecule has 0 aliphatic rings. The van der Waals surface area contributed by atoms with E-state index in [-0.39, 0.29) is 5.56 Å². The van der Waals surface area contributed by atoms with Crippen LogP contribution in [0, 0.1) is 0 Å². The predicted octanol–water partition coefficient (Wildman–Crippen LogP) is 3.78. The minimum atomic E-state index is -0.986. The van der Waals surface area contributed by atoms with Gasteiger partial charge in [-0.15, -0.1) is 0 Å². The molecular formula is C13H10ClNO2. The molecule has 0 atom stereocenters. The normalized spacial score (nSPS) is 9.94. The number of aromatic carboxylic acids is 1. The molecular weight excluding hydrogens is 238 g/mol. The van der Waals surface area contributed by atoms with Gasteiger partial charge in [0.05, 0.1) is 11.3 Å². The van der Waals surface area contributed by atoms with Crippen molar-refractivity contribution in [3.05, 3.63) is 59.1 Å². The Hall–Kier alpha value is -2.00. The second-order valence-electron chi connectivity index (χ2n) is 3.49. The van der Waals surface area contributed by atoms with E-state index in [1.807, 2.05) is 30.3 Å². The molecule has 2 N–H and O–H groups in total. The van der Waals surface area contributed by atoms with Gasteiger partial charge in [0.2, 0.25) is 0 Å². The molecule has 0 heterocycles. The first-order chi connectivity index (χ1) is 8.16. The Bertz CT molecular complexity index is 540. The second-order valence-corrected chi connectivity index (χ2v) is 3.92. The van der Waals surface area contributed by atoms with Crippen LogP contribution in [0.1, 0.15) is 10.4 Å². The number of hydrogen-bond acceptors (Lipinski definition) is 2. The van der Waals surface area contributed by atoms with E-state index in [4.69, 9.17) is 16.7 Å².